The van der Waals surface area contributed by atoms with E-state index in [1.165, 1.54) is 43.5 Å². The van der Waals surface area contributed by atoms with Crippen molar-refractivity contribution in [2.75, 3.05) is 0 Å². The largest absolute Gasteiger partial charge is 1.00 e. The topological polar surface area (TPSA) is 0 Å². The zero-order chi connectivity index (χ0) is 30.4. The maximum Gasteiger partial charge on any atom is 0.145 e. The highest BCUT2D eigenvalue weighted by molar-refractivity contribution is 8.01. The molecule has 224 valence electrons. The van der Waals surface area contributed by atoms with Crippen LogP contribution in [-0.2, 0) is 21.7 Å². The summed E-state index contributed by atoms with van der Waals surface area (Å²) in [6.07, 6.45) is 0. The summed E-state index contributed by atoms with van der Waals surface area (Å²) in [5.41, 5.74) is 5.65. The average molecular weight is 599 g/mol. The Morgan fingerprint density at radius 2 is 0.476 bits per heavy atom. The Morgan fingerprint density at radius 1 is 0.310 bits per heavy atom. The maximum atomic E-state index is 2.46. The van der Waals surface area contributed by atoms with Crippen molar-refractivity contribution in [3.8, 4) is 0 Å². The standard InChI is InChI=1S/C40H52P.ClH/c1-37(2,3)29-21-13-17-25-33(29)41(34-26-18-14-22-30(34)38(4,5)6,35-27-19-15-23-31(35)39(7,8)9)36-28-20-16-24-32(36)40(10,11)12;/h13-28H,1-12H3;1H/q+1;/p-1. The van der Waals surface area contributed by atoms with E-state index in [2.05, 4.69) is 180 Å². The van der Waals surface area contributed by atoms with E-state index in [4.69, 9.17) is 0 Å². The lowest BCUT2D eigenvalue weighted by atomic mass is 9.86. The molecule has 4 aromatic rings. The fraction of sp³-hybridized carbons (Fsp3) is 0.400. The van der Waals surface area contributed by atoms with E-state index >= 15 is 0 Å². The first-order valence-corrected chi connectivity index (χ1v) is 17.0. The van der Waals surface area contributed by atoms with Crippen molar-refractivity contribution >= 4 is 28.5 Å². The molecule has 42 heavy (non-hydrogen) atoms. The van der Waals surface area contributed by atoms with Crippen LogP contribution in [0.5, 0.6) is 0 Å². The van der Waals surface area contributed by atoms with Crippen LogP contribution >= 0.6 is 7.26 Å². The third-order valence-electron chi connectivity index (χ3n) is 8.29. The molecule has 0 atom stereocenters. The van der Waals surface area contributed by atoms with Gasteiger partial charge in [-0.2, -0.15) is 0 Å². The van der Waals surface area contributed by atoms with E-state index in [1.54, 1.807) is 0 Å². The minimum atomic E-state index is -2.44. The van der Waals surface area contributed by atoms with Crippen LogP contribution < -0.4 is 33.6 Å². The fourth-order valence-electron chi connectivity index (χ4n) is 6.38. The average Bonchev–Trinajstić information content (AvgIpc) is 2.88. The molecule has 2 heteroatoms. The molecule has 0 aromatic heterocycles. The van der Waals surface area contributed by atoms with Crippen molar-refractivity contribution in [3.63, 3.8) is 0 Å². The van der Waals surface area contributed by atoms with Crippen LogP contribution in [0.3, 0.4) is 0 Å². The quantitative estimate of drug-likeness (QED) is 0.235. The van der Waals surface area contributed by atoms with Gasteiger partial charge in [0, 0.05) is 22.3 Å². The number of halogens is 1. The zero-order valence-electron chi connectivity index (χ0n) is 28.1. The second-order valence-electron chi connectivity index (χ2n) is 15.7. The fourth-order valence-corrected chi connectivity index (χ4v) is 12.3. The van der Waals surface area contributed by atoms with Gasteiger partial charge in [-0.25, -0.2) is 0 Å². The smallest absolute Gasteiger partial charge is 0.145 e. The highest BCUT2D eigenvalue weighted by Gasteiger charge is 2.55. The van der Waals surface area contributed by atoms with Gasteiger partial charge >= 0.3 is 0 Å². The van der Waals surface area contributed by atoms with E-state index in [0.717, 1.165) is 0 Å². The molecule has 0 fully saturated rings. The molecule has 0 saturated carbocycles. The summed E-state index contributed by atoms with van der Waals surface area (Å²) in [6.45, 7) is 28.5. The Morgan fingerprint density at radius 3 is 0.643 bits per heavy atom. The maximum absolute atomic E-state index is 2.46. The molecule has 0 nitrogen and oxygen atoms in total. The molecule has 0 unspecified atom stereocenters. The van der Waals surface area contributed by atoms with Gasteiger partial charge in [-0.05, 0) is 45.9 Å². The van der Waals surface area contributed by atoms with Crippen molar-refractivity contribution in [1.29, 1.82) is 0 Å². The van der Waals surface area contributed by atoms with Crippen molar-refractivity contribution in [1.82, 2.24) is 0 Å². The van der Waals surface area contributed by atoms with Gasteiger partial charge in [0.25, 0.3) is 0 Å². The molecule has 0 aliphatic heterocycles. The third kappa shape index (κ3) is 6.27. The van der Waals surface area contributed by atoms with Gasteiger partial charge in [0.15, 0.2) is 0 Å². The van der Waals surface area contributed by atoms with Crippen LogP contribution in [0.4, 0.5) is 0 Å². The first-order valence-electron chi connectivity index (χ1n) is 15.2. The SMILES string of the molecule is CC(C)(C)c1ccccc1[P+](c1ccccc1C(C)(C)C)(c1ccccc1C(C)(C)C)c1ccccc1C(C)(C)C.[Cl-]. The molecule has 4 aromatic carbocycles. The molecule has 0 N–H and O–H groups in total. The molecule has 4 rings (SSSR count). The minimum Gasteiger partial charge on any atom is -1.00 e. The molecule has 0 radical (unpaired) electrons. The van der Waals surface area contributed by atoms with Crippen LogP contribution in [-0.4, -0.2) is 0 Å². The van der Waals surface area contributed by atoms with Gasteiger partial charge in [0.2, 0.25) is 0 Å². The molecule has 0 heterocycles. The monoisotopic (exact) mass is 598 g/mol. The van der Waals surface area contributed by atoms with Crippen LogP contribution in [0.2, 0.25) is 0 Å². The van der Waals surface area contributed by atoms with Crippen LogP contribution in [0.25, 0.3) is 0 Å². The first kappa shape index (κ1) is 34.1. The first-order chi connectivity index (χ1) is 18.9. The summed E-state index contributed by atoms with van der Waals surface area (Å²) >= 11 is 0. The van der Waals surface area contributed by atoms with Crippen molar-refractivity contribution < 1.29 is 12.4 Å². The lowest BCUT2D eigenvalue weighted by Crippen LogP contribution is -3.00. The van der Waals surface area contributed by atoms with Gasteiger partial charge in [-0.15, -0.1) is 0 Å². The number of hydrogen-bond acceptors (Lipinski definition) is 0. The highest BCUT2D eigenvalue weighted by Crippen LogP contribution is 2.60. The zero-order valence-corrected chi connectivity index (χ0v) is 29.7. The molecule has 0 spiro atoms. The number of rotatable bonds is 4. The van der Waals surface area contributed by atoms with E-state index in [-0.39, 0.29) is 34.1 Å². The van der Waals surface area contributed by atoms with Gasteiger partial charge in [0.05, 0.1) is 0 Å². The van der Waals surface area contributed by atoms with Crippen LogP contribution in [0.1, 0.15) is 105 Å². The van der Waals surface area contributed by atoms with Crippen LogP contribution in [0, 0.1) is 0 Å². The Kier molecular flexibility index (Phi) is 9.69. The van der Waals surface area contributed by atoms with Gasteiger partial charge in [-0.3, -0.25) is 0 Å². The Labute approximate surface area is 264 Å². The van der Waals surface area contributed by atoms with E-state index in [0.29, 0.717) is 0 Å². The third-order valence-corrected chi connectivity index (χ3v) is 12.7. The van der Waals surface area contributed by atoms with Crippen molar-refractivity contribution in [2.45, 2.75) is 105 Å². The Bertz CT molecular complexity index is 1280. The van der Waals surface area contributed by atoms with Gasteiger partial charge in [-0.1, -0.05) is 156 Å². The summed E-state index contributed by atoms with van der Waals surface area (Å²) < 4.78 is 0. The molecule has 0 aliphatic carbocycles. The molecule has 0 aliphatic rings. The van der Waals surface area contributed by atoms with Gasteiger partial charge < -0.3 is 12.4 Å². The van der Waals surface area contributed by atoms with Crippen molar-refractivity contribution in [3.05, 3.63) is 119 Å². The molecule has 0 amide bonds. The van der Waals surface area contributed by atoms with Crippen LogP contribution in [0.15, 0.2) is 97.1 Å². The van der Waals surface area contributed by atoms with E-state index in [9.17, 15) is 0 Å². The lowest BCUT2D eigenvalue weighted by Gasteiger charge is -2.39. The summed E-state index contributed by atoms with van der Waals surface area (Å²) in [4.78, 5) is 0. The molecular formula is C40H52ClP. The predicted octanol–water partition coefficient (Wildman–Crippen LogP) is 6.50. The van der Waals surface area contributed by atoms with Gasteiger partial charge in [0.1, 0.15) is 28.5 Å². The number of benzene rings is 4. The minimum absolute atomic E-state index is 0. The highest BCUT2D eigenvalue weighted by atomic mass is 35.5. The normalized spacial score (nSPS) is 13.0. The second-order valence-corrected chi connectivity index (χ2v) is 19.0. The Balaban J connectivity index is 0.00000484. The predicted molar refractivity (Wildman–Crippen MR) is 186 cm³/mol. The summed E-state index contributed by atoms with van der Waals surface area (Å²) in [5.74, 6) is 0. The molecule has 0 bridgehead atoms. The second kappa shape index (κ2) is 11.9. The summed E-state index contributed by atoms with van der Waals surface area (Å²) in [7, 11) is -2.44. The summed E-state index contributed by atoms with van der Waals surface area (Å²) in [6, 6.07) is 37.5. The van der Waals surface area contributed by atoms with E-state index in [1.807, 2.05) is 0 Å². The van der Waals surface area contributed by atoms with E-state index < -0.39 is 7.26 Å². The molecular weight excluding hydrogens is 547 g/mol. The number of hydrogen-bond donors (Lipinski definition) is 0. The molecule has 0 saturated heterocycles. The lowest BCUT2D eigenvalue weighted by molar-refractivity contribution is -0.0000100. The van der Waals surface area contributed by atoms with Crippen molar-refractivity contribution in [2.24, 2.45) is 0 Å². The summed E-state index contributed by atoms with van der Waals surface area (Å²) in [5, 5.41) is 5.94. The Hall–Kier alpha value is -2.40.